The Bertz CT molecular complexity index is 1250. The third-order valence-electron chi connectivity index (χ3n) is 4.51. The number of rotatable bonds is 8. The number of amides is 2. The Morgan fingerprint density at radius 1 is 1.00 bits per heavy atom. The zero-order valence-electron chi connectivity index (χ0n) is 17.7. The Labute approximate surface area is 194 Å². The van der Waals surface area contributed by atoms with Crippen LogP contribution in [0.4, 0.5) is 5.69 Å². The van der Waals surface area contributed by atoms with E-state index in [1.807, 2.05) is 0 Å². The van der Waals surface area contributed by atoms with Crippen LogP contribution in [-0.4, -0.2) is 47.0 Å². The number of imide groups is 1. The van der Waals surface area contributed by atoms with E-state index in [2.05, 4.69) is 5.32 Å². The monoisotopic (exact) mass is 488 g/mol. The molecule has 2 aromatic carbocycles. The third kappa shape index (κ3) is 5.57. The fraction of sp³-hybridized carbons (Fsp3) is 0.136. The molecule has 1 aromatic heterocycles. The predicted molar refractivity (Wildman–Crippen MR) is 122 cm³/mol. The summed E-state index contributed by atoms with van der Waals surface area (Å²) in [6.45, 7) is -0.660. The lowest BCUT2D eigenvalue weighted by Gasteiger charge is -2.21. The van der Waals surface area contributed by atoms with E-state index in [1.165, 1.54) is 49.8 Å². The molecule has 0 saturated carbocycles. The van der Waals surface area contributed by atoms with Crippen molar-refractivity contribution in [2.75, 3.05) is 25.1 Å². The second-order valence-corrected chi connectivity index (χ2v) is 9.52. The Kier molecular flexibility index (Phi) is 7.46. The molecule has 0 spiro atoms. The van der Waals surface area contributed by atoms with E-state index in [-0.39, 0.29) is 10.5 Å². The van der Waals surface area contributed by atoms with Crippen LogP contribution in [0.15, 0.2) is 70.9 Å². The topological polar surface area (TPSA) is 119 Å². The van der Waals surface area contributed by atoms with Gasteiger partial charge in [0.05, 0.1) is 28.1 Å². The van der Waals surface area contributed by atoms with Crippen LogP contribution in [0.3, 0.4) is 0 Å². The largest absolute Gasteiger partial charge is 0.495 e. The number of ether oxygens (including phenoxy) is 2. The van der Waals surface area contributed by atoms with Gasteiger partial charge < -0.3 is 9.47 Å². The molecular weight excluding hydrogens is 468 g/mol. The van der Waals surface area contributed by atoms with Crippen molar-refractivity contribution in [3.05, 3.63) is 76.5 Å². The molecule has 11 heteroatoms. The van der Waals surface area contributed by atoms with Crippen LogP contribution in [0.2, 0.25) is 0 Å². The number of carbonyl (C=O) groups excluding carboxylic acids is 3. The summed E-state index contributed by atoms with van der Waals surface area (Å²) in [7, 11) is -1.09. The van der Waals surface area contributed by atoms with Crippen molar-refractivity contribution < 1.29 is 32.3 Å². The number of sulfonamides is 1. The second-order valence-electron chi connectivity index (χ2n) is 6.60. The lowest BCUT2D eigenvalue weighted by atomic mass is 10.2. The molecule has 0 radical (unpaired) electrons. The van der Waals surface area contributed by atoms with Crippen molar-refractivity contribution in [1.82, 2.24) is 5.32 Å². The fourth-order valence-corrected chi connectivity index (χ4v) is 4.61. The molecule has 172 valence electrons. The maximum Gasteiger partial charge on any atom is 0.338 e. The quantitative estimate of drug-likeness (QED) is 0.484. The molecule has 0 unspecified atom stereocenters. The highest BCUT2D eigenvalue weighted by Crippen LogP contribution is 2.30. The minimum absolute atomic E-state index is 0.0475. The number of thiophene rings is 1. The van der Waals surface area contributed by atoms with Gasteiger partial charge in [-0.05, 0) is 47.8 Å². The highest BCUT2D eigenvalue weighted by atomic mass is 32.2. The van der Waals surface area contributed by atoms with Gasteiger partial charge in [-0.2, -0.15) is 0 Å². The van der Waals surface area contributed by atoms with E-state index in [1.54, 1.807) is 41.8 Å². The van der Waals surface area contributed by atoms with Crippen LogP contribution in [0.5, 0.6) is 5.75 Å². The first kappa shape index (κ1) is 24.0. The van der Waals surface area contributed by atoms with Gasteiger partial charge in [-0.3, -0.25) is 19.2 Å². The van der Waals surface area contributed by atoms with Gasteiger partial charge in [0.2, 0.25) is 0 Å². The molecule has 0 saturated heterocycles. The van der Waals surface area contributed by atoms with Gasteiger partial charge >= 0.3 is 5.97 Å². The number of para-hydroxylation sites is 2. The van der Waals surface area contributed by atoms with Crippen molar-refractivity contribution in [3.8, 4) is 5.75 Å². The first-order valence-electron chi connectivity index (χ1n) is 9.51. The molecule has 1 N–H and O–H groups in total. The molecule has 3 aromatic rings. The number of carbonyl (C=O) groups is 3. The van der Waals surface area contributed by atoms with E-state index >= 15 is 0 Å². The van der Waals surface area contributed by atoms with Gasteiger partial charge in [-0.15, -0.1) is 11.3 Å². The van der Waals surface area contributed by atoms with Crippen molar-refractivity contribution in [2.45, 2.75) is 4.90 Å². The third-order valence-corrected chi connectivity index (χ3v) is 7.16. The molecule has 9 nitrogen and oxygen atoms in total. The van der Waals surface area contributed by atoms with Crippen LogP contribution < -0.4 is 14.4 Å². The van der Waals surface area contributed by atoms with Gasteiger partial charge in [-0.25, -0.2) is 13.2 Å². The summed E-state index contributed by atoms with van der Waals surface area (Å²) >= 11 is 1.17. The predicted octanol–water partition coefficient (Wildman–Crippen LogP) is 2.70. The van der Waals surface area contributed by atoms with Crippen LogP contribution >= 0.6 is 11.3 Å². The van der Waals surface area contributed by atoms with Crippen LogP contribution in [-0.2, 0) is 19.6 Å². The van der Waals surface area contributed by atoms with Crippen molar-refractivity contribution in [2.24, 2.45) is 0 Å². The van der Waals surface area contributed by atoms with Crippen LogP contribution in [0.25, 0.3) is 0 Å². The molecule has 33 heavy (non-hydrogen) atoms. The van der Waals surface area contributed by atoms with Crippen molar-refractivity contribution in [3.63, 3.8) is 0 Å². The maximum absolute atomic E-state index is 13.0. The second kappa shape index (κ2) is 10.3. The van der Waals surface area contributed by atoms with E-state index in [0.29, 0.717) is 16.3 Å². The highest BCUT2D eigenvalue weighted by molar-refractivity contribution is 7.92. The van der Waals surface area contributed by atoms with Gasteiger partial charge in [0.1, 0.15) is 5.75 Å². The van der Waals surface area contributed by atoms with Gasteiger partial charge in [-0.1, -0.05) is 18.2 Å². The summed E-state index contributed by atoms with van der Waals surface area (Å²) in [5, 5.41) is 3.81. The summed E-state index contributed by atoms with van der Waals surface area (Å²) in [4.78, 5) is 36.2. The van der Waals surface area contributed by atoms with E-state index < -0.39 is 34.4 Å². The molecule has 2 amide bonds. The standard InChI is InChI=1S/C22H20N2O7S2/c1-24(17-6-3-4-7-18(17)30-2)33(28,29)16-11-9-15(10-12-16)22(27)31-14-20(25)23-21(26)19-8-5-13-32-19/h3-13H,14H2,1-2H3,(H,23,25,26). The summed E-state index contributed by atoms with van der Waals surface area (Å²) < 4.78 is 37.1. The average molecular weight is 489 g/mol. The summed E-state index contributed by atoms with van der Waals surface area (Å²) in [6.07, 6.45) is 0. The fourth-order valence-electron chi connectivity index (χ4n) is 2.79. The van der Waals surface area contributed by atoms with E-state index in [0.717, 1.165) is 4.31 Å². The number of methoxy groups -OCH3 is 1. The zero-order valence-corrected chi connectivity index (χ0v) is 19.3. The number of nitrogens with one attached hydrogen (secondary N) is 1. The van der Waals surface area contributed by atoms with Crippen LogP contribution in [0.1, 0.15) is 20.0 Å². The van der Waals surface area contributed by atoms with Crippen molar-refractivity contribution in [1.29, 1.82) is 0 Å². The summed E-state index contributed by atoms with van der Waals surface area (Å²) in [6, 6.07) is 15.0. The zero-order chi connectivity index (χ0) is 24.0. The molecule has 1 heterocycles. The number of anilines is 1. The Balaban J connectivity index is 1.63. The number of nitrogens with zero attached hydrogens (tertiary/aromatic N) is 1. The Morgan fingerprint density at radius 2 is 1.70 bits per heavy atom. The Hall–Kier alpha value is -3.70. The molecule has 0 atom stereocenters. The number of esters is 1. The minimum Gasteiger partial charge on any atom is -0.495 e. The van der Waals surface area contributed by atoms with Gasteiger partial charge in [0.25, 0.3) is 21.8 Å². The number of hydrogen-bond donors (Lipinski definition) is 1. The lowest BCUT2D eigenvalue weighted by Crippen LogP contribution is -2.33. The van der Waals surface area contributed by atoms with Crippen LogP contribution in [0, 0.1) is 0 Å². The molecule has 0 fully saturated rings. The van der Waals surface area contributed by atoms with Gasteiger partial charge in [0, 0.05) is 7.05 Å². The molecule has 0 aliphatic rings. The summed E-state index contributed by atoms with van der Waals surface area (Å²) in [5.74, 6) is -1.81. The number of benzene rings is 2. The first-order valence-corrected chi connectivity index (χ1v) is 11.8. The van der Waals surface area contributed by atoms with E-state index in [9.17, 15) is 22.8 Å². The molecule has 0 aliphatic carbocycles. The molecule has 0 aliphatic heterocycles. The molecular formula is C22H20N2O7S2. The summed E-state index contributed by atoms with van der Waals surface area (Å²) in [5.41, 5.74) is 0.401. The molecule has 0 bridgehead atoms. The Morgan fingerprint density at radius 3 is 2.33 bits per heavy atom. The first-order chi connectivity index (χ1) is 15.7. The van der Waals surface area contributed by atoms with E-state index in [4.69, 9.17) is 9.47 Å². The molecule has 3 rings (SSSR count). The lowest BCUT2D eigenvalue weighted by molar-refractivity contribution is -0.123. The smallest absolute Gasteiger partial charge is 0.338 e. The SMILES string of the molecule is COc1ccccc1N(C)S(=O)(=O)c1ccc(C(=O)OCC(=O)NC(=O)c2cccs2)cc1. The average Bonchev–Trinajstić information content (AvgIpc) is 3.37. The number of hydrogen-bond acceptors (Lipinski definition) is 8. The minimum atomic E-state index is -3.93. The highest BCUT2D eigenvalue weighted by Gasteiger charge is 2.24. The normalized spacial score (nSPS) is 10.8. The maximum atomic E-state index is 13.0. The van der Waals surface area contributed by atoms with Crippen molar-refractivity contribution >= 4 is 44.8 Å². The van der Waals surface area contributed by atoms with Gasteiger partial charge in [0.15, 0.2) is 6.61 Å².